The lowest BCUT2D eigenvalue weighted by Crippen LogP contribution is -2.53. The maximum Gasteiger partial charge on any atom is 0.254 e. The van der Waals surface area contributed by atoms with Crippen LogP contribution in [-0.4, -0.2) is 54.3 Å². The SMILES string of the molecule is CC(C)C(CN)C(=O)N1CCN(C(=O)c2ccsc2)CC1. The molecule has 1 saturated heterocycles. The van der Waals surface area contributed by atoms with Gasteiger partial charge in [0.2, 0.25) is 5.91 Å². The van der Waals surface area contributed by atoms with Gasteiger partial charge < -0.3 is 15.5 Å². The van der Waals surface area contributed by atoms with Crippen LogP contribution in [0.5, 0.6) is 0 Å². The van der Waals surface area contributed by atoms with E-state index in [0.717, 1.165) is 5.56 Å². The molecule has 21 heavy (non-hydrogen) atoms. The molecule has 1 fully saturated rings. The van der Waals surface area contributed by atoms with Gasteiger partial charge in [-0.3, -0.25) is 9.59 Å². The summed E-state index contributed by atoms with van der Waals surface area (Å²) in [5, 5.41) is 3.77. The first-order chi connectivity index (χ1) is 10.0. The number of piperazine rings is 1. The number of carbonyl (C=O) groups excluding carboxylic acids is 2. The highest BCUT2D eigenvalue weighted by atomic mass is 32.1. The number of carbonyl (C=O) groups is 2. The molecule has 1 aromatic heterocycles. The molecule has 0 saturated carbocycles. The number of nitrogens with two attached hydrogens (primary N) is 1. The van der Waals surface area contributed by atoms with Gasteiger partial charge in [-0.2, -0.15) is 11.3 Å². The minimum atomic E-state index is -0.121. The number of hydrogen-bond acceptors (Lipinski definition) is 4. The van der Waals surface area contributed by atoms with Gasteiger partial charge in [-0.05, 0) is 17.4 Å². The van der Waals surface area contributed by atoms with Crippen LogP contribution in [0, 0.1) is 11.8 Å². The largest absolute Gasteiger partial charge is 0.339 e. The summed E-state index contributed by atoms with van der Waals surface area (Å²) in [4.78, 5) is 28.3. The maximum absolute atomic E-state index is 12.4. The Morgan fingerprint density at radius 1 is 1.24 bits per heavy atom. The van der Waals surface area contributed by atoms with E-state index in [2.05, 4.69) is 0 Å². The second-order valence-corrected chi connectivity index (χ2v) is 6.50. The van der Waals surface area contributed by atoms with Crippen molar-refractivity contribution in [1.82, 2.24) is 9.80 Å². The summed E-state index contributed by atoms with van der Waals surface area (Å²) < 4.78 is 0. The van der Waals surface area contributed by atoms with Gasteiger partial charge in [-0.1, -0.05) is 13.8 Å². The van der Waals surface area contributed by atoms with Gasteiger partial charge in [0.15, 0.2) is 0 Å². The Morgan fingerprint density at radius 2 is 1.86 bits per heavy atom. The van der Waals surface area contributed by atoms with Crippen LogP contribution in [0.15, 0.2) is 16.8 Å². The van der Waals surface area contributed by atoms with E-state index in [-0.39, 0.29) is 23.7 Å². The van der Waals surface area contributed by atoms with Crippen molar-refractivity contribution in [1.29, 1.82) is 0 Å². The molecule has 2 heterocycles. The molecule has 0 radical (unpaired) electrons. The zero-order chi connectivity index (χ0) is 15.4. The van der Waals surface area contributed by atoms with E-state index in [1.165, 1.54) is 11.3 Å². The molecule has 0 bridgehead atoms. The first-order valence-corrected chi connectivity index (χ1v) is 8.29. The van der Waals surface area contributed by atoms with Crippen LogP contribution in [0.25, 0.3) is 0 Å². The van der Waals surface area contributed by atoms with E-state index in [0.29, 0.717) is 32.7 Å². The van der Waals surface area contributed by atoms with Gasteiger partial charge in [0.1, 0.15) is 0 Å². The van der Waals surface area contributed by atoms with Crippen LogP contribution in [0.1, 0.15) is 24.2 Å². The standard InChI is InChI=1S/C15H23N3O2S/c1-11(2)13(9-16)15(20)18-6-4-17(5-7-18)14(19)12-3-8-21-10-12/h3,8,10-11,13H,4-7,9,16H2,1-2H3. The highest BCUT2D eigenvalue weighted by Gasteiger charge is 2.30. The summed E-state index contributed by atoms with van der Waals surface area (Å²) in [6.45, 7) is 6.80. The van der Waals surface area contributed by atoms with E-state index >= 15 is 0 Å². The fourth-order valence-corrected chi connectivity index (χ4v) is 3.22. The molecule has 2 N–H and O–H groups in total. The summed E-state index contributed by atoms with van der Waals surface area (Å²) in [7, 11) is 0. The topological polar surface area (TPSA) is 66.6 Å². The summed E-state index contributed by atoms with van der Waals surface area (Å²) in [6.07, 6.45) is 0. The average Bonchev–Trinajstić information content (AvgIpc) is 3.01. The molecule has 1 atom stereocenters. The van der Waals surface area contributed by atoms with Gasteiger partial charge in [0, 0.05) is 38.1 Å². The number of thiophene rings is 1. The highest BCUT2D eigenvalue weighted by Crippen LogP contribution is 2.16. The van der Waals surface area contributed by atoms with Crippen LogP contribution in [0.3, 0.4) is 0 Å². The fourth-order valence-electron chi connectivity index (χ4n) is 2.59. The van der Waals surface area contributed by atoms with E-state index in [9.17, 15) is 9.59 Å². The Morgan fingerprint density at radius 3 is 2.33 bits per heavy atom. The first kappa shape index (κ1) is 16.0. The lowest BCUT2D eigenvalue weighted by atomic mass is 9.94. The predicted octanol–water partition coefficient (Wildman–Crippen LogP) is 1.26. The van der Waals surface area contributed by atoms with Crippen molar-refractivity contribution < 1.29 is 9.59 Å². The van der Waals surface area contributed by atoms with Gasteiger partial charge >= 0.3 is 0 Å². The number of rotatable bonds is 4. The third kappa shape index (κ3) is 3.63. The van der Waals surface area contributed by atoms with Gasteiger partial charge in [0.25, 0.3) is 5.91 Å². The van der Waals surface area contributed by atoms with Crippen molar-refractivity contribution >= 4 is 23.2 Å². The normalized spacial score (nSPS) is 17.1. The summed E-state index contributed by atoms with van der Waals surface area (Å²) >= 11 is 1.52. The maximum atomic E-state index is 12.4. The molecule has 6 heteroatoms. The summed E-state index contributed by atoms with van der Waals surface area (Å²) in [6, 6.07) is 1.84. The number of hydrogen-bond donors (Lipinski definition) is 1. The Kier molecular flexibility index (Phi) is 5.36. The molecule has 5 nitrogen and oxygen atoms in total. The molecule has 2 rings (SSSR count). The summed E-state index contributed by atoms with van der Waals surface area (Å²) in [5.41, 5.74) is 6.45. The van der Waals surface area contributed by atoms with Crippen LogP contribution in [0.4, 0.5) is 0 Å². The third-order valence-electron chi connectivity index (χ3n) is 4.02. The average molecular weight is 309 g/mol. The van der Waals surface area contributed by atoms with E-state index < -0.39 is 0 Å². The van der Waals surface area contributed by atoms with E-state index in [1.807, 2.05) is 40.5 Å². The lowest BCUT2D eigenvalue weighted by Gasteiger charge is -2.37. The Bertz CT molecular complexity index is 479. The van der Waals surface area contributed by atoms with Crippen LogP contribution in [-0.2, 0) is 4.79 Å². The summed E-state index contributed by atoms with van der Waals surface area (Å²) in [5.74, 6) is 0.301. The van der Waals surface area contributed by atoms with Gasteiger partial charge in [-0.15, -0.1) is 0 Å². The van der Waals surface area contributed by atoms with Crippen LogP contribution >= 0.6 is 11.3 Å². The lowest BCUT2D eigenvalue weighted by molar-refractivity contribution is -0.138. The smallest absolute Gasteiger partial charge is 0.254 e. The minimum absolute atomic E-state index is 0.0579. The second-order valence-electron chi connectivity index (χ2n) is 5.72. The zero-order valence-corrected chi connectivity index (χ0v) is 13.4. The zero-order valence-electron chi connectivity index (χ0n) is 12.6. The molecule has 0 spiro atoms. The Hall–Kier alpha value is -1.40. The van der Waals surface area contributed by atoms with Crippen molar-refractivity contribution in [3.05, 3.63) is 22.4 Å². The van der Waals surface area contributed by atoms with Gasteiger partial charge in [0.05, 0.1) is 11.5 Å². The van der Waals surface area contributed by atoms with Gasteiger partial charge in [-0.25, -0.2) is 0 Å². The molecule has 1 aromatic rings. The monoisotopic (exact) mass is 309 g/mol. The molecular formula is C15H23N3O2S. The minimum Gasteiger partial charge on any atom is -0.339 e. The molecule has 1 unspecified atom stereocenters. The highest BCUT2D eigenvalue weighted by molar-refractivity contribution is 7.08. The van der Waals surface area contributed by atoms with E-state index in [4.69, 9.17) is 5.73 Å². The first-order valence-electron chi connectivity index (χ1n) is 7.35. The quantitative estimate of drug-likeness (QED) is 0.910. The Labute approximate surface area is 129 Å². The molecule has 116 valence electrons. The fraction of sp³-hybridized carbons (Fsp3) is 0.600. The van der Waals surface area contributed by atoms with Crippen molar-refractivity contribution in [3.8, 4) is 0 Å². The molecule has 1 aliphatic rings. The number of nitrogens with zero attached hydrogens (tertiary/aromatic N) is 2. The van der Waals surface area contributed by atoms with Crippen LogP contribution < -0.4 is 5.73 Å². The number of amides is 2. The van der Waals surface area contributed by atoms with Crippen molar-refractivity contribution in [2.75, 3.05) is 32.7 Å². The molecular weight excluding hydrogens is 286 g/mol. The van der Waals surface area contributed by atoms with Crippen LogP contribution in [0.2, 0.25) is 0 Å². The predicted molar refractivity (Wildman–Crippen MR) is 84.2 cm³/mol. The van der Waals surface area contributed by atoms with Crippen molar-refractivity contribution in [3.63, 3.8) is 0 Å². The molecule has 0 aromatic carbocycles. The van der Waals surface area contributed by atoms with Crippen molar-refractivity contribution in [2.24, 2.45) is 17.6 Å². The van der Waals surface area contributed by atoms with Crippen molar-refractivity contribution in [2.45, 2.75) is 13.8 Å². The molecule has 2 amide bonds. The second kappa shape index (κ2) is 7.04. The van der Waals surface area contributed by atoms with E-state index in [1.54, 1.807) is 0 Å². The third-order valence-corrected chi connectivity index (χ3v) is 4.71. The molecule has 0 aliphatic carbocycles. The Balaban J connectivity index is 1.91. The molecule has 1 aliphatic heterocycles.